The molecule has 0 saturated heterocycles. The van der Waals surface area contributed by atoms with Crippen LogP contribution in [0, 0.1) is 10.8 Å². The molecule has 0 N–H and O–H groups in total. The highest BCUT2D eigenvalue weighted by Crippen LogP contribution is 2.45. The van der Waals surface area contributed by atoms with Gasteiger partial charge in [0.15, 0.2) is 0 Å². The first-order valence-electron chi connectivity index (χ1n) is 6.45. The van der Waals surface area contributed by atoms with Gasteiger partial charge in [-0.25, -0.2) is 4.99 Å². The Kier molecular flexibility index (Phi) is 3.64. The summed E-state index contributed by atoms with van der Waals surface area (Å²) in [6.45, 7) is 7.82. The van der Waals surface area contributed by atoms with Crippen molar-refractivity contribution in [3.05, 3.63) is 29.0 Å². The van der Waals surface area contributed by atoms with Gasteiger partial charge >= 0.3 is 0 Å². The number of ether oxygens (including phenoxy) is 1. The van der Waals surface area contributed by atoms with Crippen LogP contribution in [0.5, 0.6) is 0 Å². The smallest absolute Gasteiger partial charge is 0.205 e. The summed E-state index contributed by atoms with van der Waals surface area (Å²) < 4.78 is 5.96. The van der Waals surface area contributed by atoms with Gasteiger partial charge in [0.2, 0.25) is 5.88 Å². The van der Waals surface area contributed by atoms with E-state index in [2.05, 4.69) is 29.7 Å². The zero-order valence-electron chi connectivity index (χ0n) is 11.1. The van der Waals surface area contributed by atoms with Gasteiger partial charge < -0.3 is 4.74 Å². The van der Waals surface area contributed by atoms with E-state index in [-0.39, 0.29) is 11.6 Å². The second-order valence-electron chi connectivity index (χ2n) is 5.42. The summed E-state index contributed by atoms with van der Waals surface area (Å²) in [5.41, 5.74) is 0.960. The van der Waals surface area contributed by atoms with Gasteiger partial charge in [0.25, 0.3) is 0 Å². The summed E-state index contributed by atoms with van der Waals surface area (Å²) >= 11 is 0. The van der Waals surface area contributed by atoms with Gasteiger partial charge in [-0.05, 0) is 32.3 Å². The van der Waals surface area contributed by atoms with Gasteiger partial charge in [-0.2, -0.15) is 4.91 Å². The summed E-state index contributed by atoms with van der Waals surface area (Å²) in [6.07, 6.45) is 7.16. The van der Waals surface area contributed by atoms with Gasteiger partial charge in [-0.15, -0.1) is 0 Å². The van der Waals surface area contributed by atoms with Gasteiger partial charge in [0, 0.05) is 19.1 Å². The first-order valence-corrected chi connectivity index (χ1v) is 6.45. The van der Waals surface area contributed by atoms with Crippen molar-refractivity contribution in [3.8, 4) is 0 Å². The predicted octanol–water partition coefficient (Wildman–Crippen LogP) is 3.59. The summed E-state index contributed by atoms with van der Waals surface area (Å²) in [6, 6.07) is -0.170. The van der Waals surface area contributed by atoms with Crippen LogP contribution in [0.2, 0.25) is 0 Å². The minimum atomic E-state index is -0.329. The lowest BCUT2D eigenvalue weighted by Gasteiger charge is -2.44. The Hall–Kier alpha value is -1.45. The van der Waals surface area contributed by atoms with E-state index in [4.69, 9.17) is 4.74 Å². The SMILES string of the molecule is C=C(N=CC)OC12CC(=CC(C)C1)CC(N=O)C2. The highest BCUT2D eigenvalue weighted by Gasteiger charge is 2.44. The molecular formula is C14H20N2O2. The molecule has 2 aliphatic carbocycles. The Bertz CT molecular complexity index is 414. The Morgan fingerprint density at radius 2 is 2.39 bits per heavy atom. The summed E-state index contributed by atoms with van der Waals surface area (Å²) in [5.74, 6) is 0.900. The van der Waals surface area contributed by atoms with Gasteiger partial charge in [0.05, 0.1) is 6.04 Å². The number of fused-ring (bicyclic) bond motifs is 2. The molecule has 18 heavy (non-hydrogen) atoms. The number of hydrogen-bond acceptors (Lipinski definition) is 4. The fourth-order valence-electron chi connectivity index (χ4n) is 3.31. The molecule has 0 aliphatic heterocycles. The quantitative estimate of drug-likeness (QED) is 0.330. The van der Waals surface area contributed by atoms with Gasteiger partial charge in [-0.1, -0.05) is 23.7 Å². The van der Waals surface area contributed by atoms with Crippen molar-refractivity contribution in [3.63, 3.8) is 0 Å². The summed E-state index contributed by atoms with van der Waals surface area (Å²) in [7, 11) is 0. The lowest BCUT2D eigenvalue weighted by molar-refractivity contribution is -0.0394. The number of hydrogen-bond donors (Lipinski definition) is 0. The van der Waals surface area contributed by atoms with Crippen LogP contribution < -0.4 is 0 Å². The first kappa shape index (κ1) is 13.0. The van der Waals surface area contributed by atoms with Crippen molar-refractivity contribution in [2.45, 2.75) is 51.2 Å². The van der Waals surface area contributed by atoms with Crippen LogP contribution in [-0.2, 0) is 4.74 Å². The molecule has 0 aromatic carbocycles. The maximum atomic E-state index is 10.8. The minimum absolute atomic E-state index is 0.170. The zero-order chi connectivity index (χ0) is 13.2. The molecule has 2 bridgehead atoms. The van der Waals surface area contributed by atoms with E-state index in [1.165, 1.54) is 5.57 Å². The second-order valence-corrected chi connectivity index (χ2v) is 5.42. The average molecular weight is 248 g/mol. The fraction of sp³-hybridized carbons (Fsp3) is 0.643. The largest absolute Gasteiger partial charge is 0.471 e. The highest BCUT2D eigenvalue weighted by atomic mass is 16.5. The van der Waals surface area contributed by atoms with Crippen molar-refractivity contribution in [2.75, 3.05) is 0 Å². The van der Waals surface area contributed by atoms with Crippen LogP contribution in [0.4, 0.5) is 0 Å². The average Bonchev–Trinajstić information content (AvgIpc) is 2.26. The number of aliphatic imine (C=N–C) groups is 1. The van der Waals surface area contributed by atoms with Crippen LogP contribution in [0.25, 0.3) is 0 Å². The van der Waals surface area contributed by atoms with Crippen LogP contribution in [0.3, 0.4) is 0 Å². The lowest BCUT2D eigenvalue weighted by Crippen LogP contribution is -2.43. The molecule has 3 atom stereocenters. The molecule has 0 heterocycles. The van der Waals surface area contributed by atoms with Crippen molar-refractivity contribution < 1.29 is 4.74 Å². The van der Waals surface area contributed by atoms with E-state index in [0.29, 0.717) is 18.2 Å². The maximum absolute atomic E-state index is 10.8. The maximum Gasteiger partial charge on any atom is 0.205 e. The molecule has 0 spiro atoms. The standard InChI is InChI=1S/C14H20N2O2/c1-4-15-11(3)18-14-7-10(2)5-12(8-14)6-13(9-14)16-17/h4-5,10,13H,3,6-9H2,1-2H3. The van der Waals surface area contributed by atoms with Crippen molar-refractivity contribution >= 4 is 6.21 Å². The normalized spacial score (nSPS) is 35.1. The van der Waals surface area contributed by atoms with E-state index in [9.17, 15) is 4.91 Å². The van der Waals surface area contributed by atoms with Crippen molar-refractivity contribution in [2.24, 2.45) is 16.1 Å². The Morgan fingerprint density at radius 1 is 1.61 bits per heavy atom. The molecular weight excluding hydrogens is 228 g/mol. The molecule has 0 aromatic heterocycles. The monoisotopic (exact) mass is 248 g/mol. The molecule has 2 rings (SSSR count). The number of nitroso groups, excluding NO2 is 1. The molecule has 3 unspecified atom stereocenters. The van der Waals surface area contributed by atoms with E-state index in [1.54, 1.807) is 6.21 Å². The summed E-state index contributed by atoms with van der Waals surface area (Å²) in [4.78, 5) is 14.9. The van der Waals surface area contributed by atoms with Gasteiger partial charge in [-0.3, -0.25) is 0 Å². The van der Waals surface area contributed by atoms with E-state index >= 15 is 0 Å². The Balaban J connectivity index is 2.20. The molecule has 0 radical (unpaired) electrons. The first-order chi connectivity index (χ1) is 8.57. The van der Waals surface area contributed by atoms with Crippen LogP contribution in [-0.4, -0.2) is 17.9 Å². The molecule has 98 valence electrons. The third-order valence-electron chi connectivity index (χ3n) is 3.63. The zero-order valence-corrected chi connectivity index (χ0v) is 11.1. The third-order valence-corrected chi connectivity index (χ3v) is 3.63. The highest BCUT2D eigenvalue weighted by molar-refractivity contribution is 5.54. The van der Waals surface area contributed by atoms with Crippen molar-refractivity contribution in [1.29, 1.82) is 0 Å². The summed E-state index contributed by atoms with van der Waals surface area (Å²) in [5, 5.41) is 3.21. The number of allylic oxidation sites excluding steroid dienone is 1. The lowest BCUT2D eigenvalue weighted by atomic mass is 9.70. The fourth-order valence-corrected chi connectivity index (χ4v) is 3.31. The van der Waals surface area contributed by atoms with E-state index in [1.807, 2.05) is 6.92 Å². The number of rotatable bonds is 4. The Labute approximate surface area is 108 Å². The molecule has 0 aromatic rings. The molecule has 4 nitrogen and oxygen atoms in total. The van der Waals surface area contributed by atoms with Crippen LogP contribution >= 0.6 is 0 Å². The minimum Gasteiger partial charge on any atom is -0.471 e. The van der Waals surface area contributed by atoms with E-state index < -0.39 is 0 Å². The van der Waals surface area contributed by atoms with Crippen molar-refractivity contribution in [1.82, 2.24) is 0 Å². The van der Waals surface area contributed by atoms with E-state index in [0.717, 1.165) is 19.3 Å². The topological polar surface area (TPSA) is 51.0 Å². The molecule has 1 fully saturated rings. The predicted molar refractivity (Wildman–Crippen MR) is 72.4 cm³/mol. The molecule has 2 aliphatic rings. The molecule has 0 amide bonds. The van der Waals surface area contributed by atoms with Crippen LogP contribution in [0.1, 0.15) is 39.5 Å². The Morgan fingerprint density at radius 3 is 3.06 bits per heavy atom. The number of nitrogens with zero attached hydrogens (tertiary/aromatic N) is 2. The second kappa shape index (κ2) is 5.04. The van der Waals surface area contributed by atoms with Gasteiger partial charge in [0.1, 0.15) is 5.60 Å². The third kappa shape index (κ3) is 2.68. The molecule has 1 saturated carbocycles. The van der Waals surface area contributed by atoms with Crippen LogP contribution in [0.15, 0.2) is 34.3 Å². The molecule has 4 heteroatoms.